The molecule has 0 aromatic rings. The maximum Gasteiger partial charge on any atom is 0.407 e. The van der Waals surface area contributed by atoms with Gasteiger partial charge < -0.3 is 19.5 Å². The van der Waals surface area contributed by atoms with Crippen LogP contribution in [0.25, 0.3) is 0 Å². The van der Waals surface area contributed by atoms with Crippen molar-refractivity contribution in [1.29, 1.82) is 0 Å². The molecule has 2 aliphatic heterocycles. The van der Waals surface area contributed by atoms with Crippen molar-refractivity contribution in [2.24, 2.45) is 11.8 Å². The van der Waals surface area contributed by atoms with E-state index in [-0.39, 0.29) is 41.3 Å². The van der Waals surface area contributed by atoms with Crippen LogP contribution in [0.3, 0.4) is 0 Å². The van der Waals surface area contributed by atoms with E-state index in [9.17, 15) is 4.79 Å². The molecule has 2 saturated heterocycles. The van der Waals surface area contributed by atoms with Crippen LogP contribution in [0.5, 0.6) is 0 Å². The van der Waals surface area contributed by atoms with Crippen LogP contribution < -0.4 is 5.32 Å². The Morgan fingerprint density at radius 1 is 1.43 bits per heavy atom. The van der Waals surface area contributed by atoms with E-state index in [1.165, 1.54) is 5.57 Å². The van der Waals surface area contributed by atoms with Gasteiger partial charge >= 0.3 is 6.09 Å². The number of nitrogens with one attached hydrogen (secondary N) is 1. The van der Waals surface area contributed by atoms with Crippen molar-refractivity contribution in [2.75, 3.05) is 13.7 Å². The van der Waals surface area contributed by atoms with Gasteiger partial charge in [0.1, 0.15) is 6.10 Å². The van der Waals surface area contributed by atoms with Crippen molar-refractivity contribution >= 4 is 6.09 Å². The zero-order valence-corrected chi connectivity index (χ0v) is 14.8. The second-order valence-electron chi connectivity index (χ2n) is 7.73. The van der Waals surface area contributed by atoms with Crippen LogP contribution in [0.2, 0.25) is 0 Å². The molecule has 130 valence electrons. The van der Waals surface area contributed by atoms with Crippen LogP contribution in [0.1, 0.15) is 47.0 Å². The number of alkyl carbamates (subject to hydrolysis) is 1. The summed E-state index contributed by atoms with van der Waals surface area (Å²) in [6.07, 6.45) is 4.81. The fraction of sp³-hybridized carbons (Fsp3) is 0.833. The number of allylic oxidation sites excluding steroid dienone is 1. The van der Waals surface area contributed by atoms with Gasteiger partial charge in [0.25, 0.3) is 0 Å². The molecule has 2 heterocycles. The maximum atomic E-state index is 11.6. The maximum absolute atomic E-state index is 11.6. The third-order valence-electron chi connectivity index (χ3n) is 5.84. The van der Waals surface area contributed by atoms with Gasteiger partial charge in [0.15, 0.2) is 0 Å². The highest BCUT2D eigenvalue weighted by Crippen LogP contribution is 2.60. The van der Waals surface area contributed by atoms with Crippen molar-refractivity contribution in [1.82, 2.24) is 5.32 Å². The molecule has 1 aliphatic carbocycles. The molecule has 0 bridgehead atoms. The Morgan fingerprint density at radius 2 is 2.13 bits per heavy atom. The smallest absolute Gasteiger partial charge is 0.407 e. The number of carbonyl (C=O) groups is 1. The standard InChI is InChI=1S/C18H29NO4/c1-11(2)6-7-14-17(4,23-14)15-12(3)13(22-16(20)19-5)8-9-18(15)10-21-18/h6,12-15H,7-10H2,1-5H3,(H,19,20)/t12?,13?,14-,15?,17-,18+/m1/s1. The summed E-state index contributed by atoms with van der Waals surface area (Å²) in [5.74, 6) is 0.499. The number of rotatable bonds is 4. The molecule has 3 unspecified atom stereocenters. The molecule has 3 rings (SSSR count). The molecule has 5 nitrogen and oxygen atoms in total. The molecule has 1 amide bonds. The van der Waals surface area contributed by atoms with Crippen LogP contribution in [0, 0.1) is 11.8 Å². The van der Waals surface area contributed by atoms with Crippen LogP contribution in [0.4, 0.5) is 4.79 Å². The lowest BCUT2D eigenvalue weighted by Crippen LogP contribution is -2.51. The first-order valence-electron chi connectivity index (χ1n) is 8.66. The Bertz CT molecular complexity index is 509. The SMILES string of the molecule is CNC(=O)OC1CC[C@]2(CO2)C([C@]2(C)O[C@@H]2CC=C(C)C)C1C. The Labute approximate surface area is 138 Å². The lowest BCUT2D eigenvalue weighted by Gasteiger charge is -2.42. The van der Waals surface area contributed by atoms with E-state index in [1.807, 2.05) is 0 Å². The van der Waals surface area contributed by atoms with Crippen LogP contribution >= 0.6 is 0 Å². The summed E-state index contributed by atoms with van der Waals surface area (Å²) >= 11 is 0. The predicted octanol–water partition coefficient (Wildman–Crippen LogP) is 3.04. The molecular formula is C18H29NO4. The quantitative estimate of drug-likeness (QED) is 0.638. The van der Waals surface area contributed by atoms with Crippen LogP contribution in [-0.4, -0.2) is 43.2 Å². The second-order valence-corrected chi connectivity index (χ2v) is 7.73. The summed E-state index contributed by atoms with van der Waals surface area (Å²) in [4.78, 5) is 11.6. The van der Waals surface area contributed by atoms with Crippen molar-refractivity contribution in [2.45, 2.75) is 70.4 Å². The van der Waals surface area contributed by atoms with E-state index in [2.05, 4.69) is 39.1 Å². The summed E-state index contributed by atoms with van der Waals surface area (Å²) in [6, 6.07) is 0. The highest BCUT2D eigenvalue weighted by molar-refractivity contribution is 5.66. The average Bonchev–Trinajstić information content (AvgIpc) is 3.39. The average molecular weight is 323 g/mol. The number of epoxide rings is 2. The van der Waals surface area contributed by atoms with E-state index in [0.29, 0.717) is 0 Å². The van der Waals surface area contributed by atoms with Gasteiger partial charge in [0.2, 0.25) is 0 Å². The Hall–Kier alpha value is -1.07. The third-order valence-corrected chi connectivity index (χ3v) is 5.84. The van der Waals surface area contributed by atoms with Crippen molar-refractivity contribution < 1.29 is 19.0 Å². The highest BCUT2D eigenvalue weighted by atomic mass is 16.6. The minimum atomic E-state index is -0.351. The number of ether oxygens (including phenoxy) is 3. The van der Waals surface area contributed by atoms with Gasteiger partial charge in [-0.05, 0) is 40.0 Å². The van der Waals surface area contributed by atoms with Gasteiger partial charge in [-0.3, -0.25) is 0 Å². The first kappa shape index (κ1) is 16.8. The van der Waals surface area contributed by atoms with E-state index in [1.54, 1.807) is 7.05 Å². The number of hydrogen-bond donors (Lipinski definition) is 1. The second kappa shape index (κ2) is 5.78. The topological polar surface area (TPSA) is 63.4 Å². The molecule has 1 N–H and O–H groups in total. The van der Waals surface area contributed by atoms with Gasteiger partial charge in [-0.1, -0.05) is 18.6 Å². The molecule has 3 aliphatic rings. The monoisotopic (exact) mass is 323 g/mol. The fourth-order valence-electron chi connectivity index (χ4n) is 4.49. The van der Waals surface area contributed by atoms with Crippen molar-refractivity contribution in [3.05, 3.63) is 11.6 Å². The minimum absolute atomic E-state index is 0.0591. The highest BCUT2D eigenvalue weighted by Gasteiger charge is 2.70. The Morgan fingerprint density at radius 3 is 2.70 bits per heavy atom. The zero-order valence-electron chi connectivity index (χ0n) is 14.8. The van der Waals surface area contributed by atoms with Gasteiger partial charge in [0, 0.05) is 18.9 Å². The number of amides is 1. The number of hydrogen-bond acceptors (Lipinski definition) is 4. The van der Waals surface area contributed by atoms with Gasteiger partial charge in [-0.15, -0.1) is 0 Å². The van der Waals surface area contributed by atoms with Crippen LogP contribution in [-0.2, 0) is 14.2 Å². The van der Waals surface area contributed by atoms with Gasteiger partial charge in [-0.2, -0.15) is 0 Å². The molecular weight excluding hydrogens is 294 g/mol. The van der Waals surface area contributed by atoms with Gasteiger partial charge in [-0.25, -0.2) is 4.79 Å². The summed E-state index contributed by atoms with van der Waals surface area (Å²) in [5, 5.41) is 2.55. The molecule has 0 radical (unpaired) electrons. The molecule has 1 saturated carbocycles. The molecule has 23 heavy (non-hydrogen) atoms. The zero-order chi connectivity index (χ0) is 16.8. The Kier molecular flexibility index (Phi) is 4.21. The van der Waals surface area contributed by atoms with E-state index in [0.717, 1.165) is 25.9 Å². The Balaban J connectivity index is 1.73. The van der Waals surface area contributed by atoms with E-state index < -0.39 is 0 Å². The fourth-order valence-corrected chi connectivity index (χ4v) is 4.49. The first-order valence-corrected chi connectivity index (χ1v) is 8.66. The first-order chi connectivity index (χ1) is 10.8. The summed E-state index contributed by atoms with van der Waals surface area (Å²) in [7, 11) is 1.60. The van der Waals surface area contributed by atoms with Gasteiger partial charge in [0.05, 0.1) is 23.9 Å². The van der Waals surface area contributed by atoms with E-state index >= 15 is 0 Å². The third kappa shape index (κ3) is 3.01. The normalized spacial score (nSPS) is 44.6. The predicted molar refractivity (Wildman–Crippen MR) is 87.2 cm³/mol. The molecule has 6 atom stereocenters. The molecule has 1 spiro atoms. The van der Waals surface area contributed by atoms with E-state index in [4.69, 9.17) is 14.2 Å². The largest absolute Gasteiger partial charge is 0.446 e. The molecule has 0 aromatic heterocycles. The number of carbonyl (C=O) groups excluding carboxylic acids is 1. The molecule has 0 aromatic carbocycles. The minimum Gasteiger partial charge on any atom is -0.446 e. The summed E-state index contributed by atoms with van der Waals surface area (Å²) in [6.45, 7) is 9.40. The summed E-state index contributed by atoms with van der Waals surface area (Å²) < 4.78 is 17.6. The lowest BCUT2D eigenvalue weighted by atomic mass is 9.64. The van der Waals surface area contributed by atoms with Crippen molar-refractivity contribution in [3.8, 4) is 0 Å². The molecule has 3 fully saturated rings. The molecule has 5 heteroatoms. The summed E-state index contributed by atoms with van der Waals surface area (Å²) in [5.41, 5.74) is 1.08. The van der Waals surface area contributed by atoms with Crippen LogP contribution in [0.15, 0.2) is 11.6 Å². The lowest BCUT2D eigenvalue weighted by molar-refractivity contribution is -0.0418. The van der Waals surface area contributed by atoms with Crippen molar-refractivity contribution in [3.63, 3.8) is 0 Å².